The predicted octanol–water partition coefficient (Wildman–Crippen LogP) is 2.70. The first-order valence-electron chi connectivity index (χ1n) is 6.22. The average molecular weight is 242 g/mol. The van der Waals surface area contributed by atoms with Gasteiger partial charge in [-0.2, -0.15) is 0 Å². The summed E-state index contributed by atoms with van der Waals surface area (Å²) >= 11 is 0. The highest BCUT2D eigenvalue weighted by Gasteiger charge is 2.19. The van der Waals surface area contributed by atoms with Gasteiger partial charge in [0, 0.05) is 17.8 Å². The second-order valence-corrected chi connectivity index (χ2v) is 4.80. The standard InChI is InChI=1S/C15H15FN2/c16-15-9-18-7-6-13(15)12-3-1-2-10-4-5-11(17)8-14(10)12/h1-3,6-7,9,11H,4-5,8,17H2/t11-/m1/s1. The van der Waals surface area contributed by atoms with E-state index < -0.39 is 0 Å². The fourth-order valence-electron chi connectivity index (χ4n) is 2.66. The first kappa shape index (κ1) is 11.4. The topological polar surface area (TPSA) is 38.9 Å². The molecule has 1 heterocycles. The van der Waals surface area contributed by atoms with Gasteiger partial charge in [0.25, 0.3) is 0 Å². The number of pyridine rings is 1. The molecule has 2 aromatic rings. The van der Waals surface area contributed by atoms with Gasteiger partial charge in [-0.15, -0.1) is 0 Å². The number of nitrogens with two attached hydrogens (primary N) is 1. The molecule has 3 heteroatoms. The molecular formula is C15H15FN2. The highest BCUT2D eigenvalue weighted by molar-refractivity contribution is 5.69. The molecule has 0 bridgehead atoms. The molecule has 0 spiro atoms. The van der Waals surface area contributed by atoms with Crippen molar-refractivity contribution < 1.29 is 4.39 Å². The van der Waals surface area contributed by atoms with E-state index in [1.54, 1.807) is 12.3 Å². The van der Waals surface area contributed by atoms with E-state index in [4.69, 9.17) is 5.73 Å². The van der Waals surface area contributed by atoms with Gasteiger partial charge in [-0.05, 0) is 42.0 Å². The van der Waals surface area contributed by atoms with Gasteiger partial charge in [0.15, 0.2) is 0 Å². The number of nitrogens with zero attached hydrogens (tertiary/aromatic N) is 1. The number of halogens is 1. The second-order valence-electron chi connectivity index (χ2n) is 4.80. The van der Waals surface area contributed by atoms with Gasteiger partial charge in [-0.3, -0.25) is 4.98 Å². The lowest BCUT2D eigenvalue weighted by Crippen LogP contribution is -2.28. The molecule has 1 aliphatic carbocycles. The molecule has 2 nitrogen and oxygen atoms in total. The molecule has 0 saturated carbocycles. The fourth-order valence-corrected chi connectivity index (χ4v) is 2.66. The third-order valence-corrected chi connectivity index (χ3v) is 3.59. The molecule has 0 unspecified atom stereocenters. The molecule has 0 amide bonds. The minimum atomic E-state index is -0.273. The van der Waals surface area contributed by atoms with E-state index in [2.05, 4.69) is 11.1 Å². The maximum atomic E-state index is 13.8. The molecule has 0 aliphatic heterocycles. The lowest BCUT2D eigenvalue weighted by atomic mass is 9.84. The van der Waals surface area contributed by atoms with Crippen molar-refractivity contribution in [3.63, 3.8) is 0 Å². The van der Waals surface area contributed by atoms with Crippen LogP contribution in [0, 0.1) is 5.82 Å². The zero-order valence-electron chi connectivity index (χ0n) is 10.1. The largest absolute Gasteiger partial charge is 0.327 e. The Bertz CT molecular complexity index is 580. The van der Waals surface area contributed by atoms with E-state index in [1.807, 2.05) is 12.1 Å². The van der Waals surface area contributed by atoms with E-state index in [0.29, 0.717) is 5.56 Å². The number of fused-ring (bicyclic) bond motifs is 1. The molecule has 1 aliphatic rings. The van der Waals surface area contributed by atoms with Crippen LogP contribution in [0.2, 0.25) is 0 Å². The minimum absolute atomic E-state index is 0.184. The summed E-state index contributed by atoms with van der Waals surface area (Å²) in [5.74, 6) is -0.273. The van der Waals surface area contributed by atoms with Gasteiger partial charge in [-0.25, -0.2) is 4.39 Å². The van der Waals surface area contributed by atoms with Crippen molar-refractivity contribution in [2.24, 2.45) is 5.73 Å². The highest BCUT2D eigenvalue weighted by atomic mass is 19.1. The van der Waals surface area contributed by atoms with Crippen molar-refractivity contribution >= 4 is 0 Å². The van der Waals surface area contributed by atoms with E-state index in [9.17, 15) is 4.39 Å². The Balaban J connectivity index is 2.16. The number of hydrogen-bond donors (Lipinski definition) is 1. The van der Waals surface area contributed by atoms with E-state index in [0.717, 1.165) is 24.8 Å². The Morgan fingerprint density at radius 2 is 2.11 bits per heavy atom. The number of hydrogen-bond acceptors (Lipinski definition) is 2. The minimum Gasteiger partial charge on any atom is -0.327 e. The Morgan fingerprint density at radius 1 is 1.22 bits per heavy atom. The van der Waals surface area contributed by atoms with Crippen molar-refractivity contribution in [3.8, 4) is 11.1 Å². The van der Waals surface area contributed by atoms with Gasteiger partial charge in [0.1, 0.15) is 5.82 Å². The van der Waals surface area contributed by atoms with Crippen LogP contribution >= 0.6 is 0 Å². The second kappa shape index (κ2) is 4.50. The summed E-state index contributed by atoms with van der Waals surface area (Å²) < 4.78 is 13.8. The van der Waals surface area contributed by atoms with Crippen LogP contribution in [0.3, 0.4) is 0 Å². The van der Waals surface area contributed by atoms with E-state index >= 15 is 0 Å². The summed E-state index contributed by atoms with van der Waals surface area (Å²) in [7, 11) is 0. The zero-order valence-corrected chi connectivity index (χ0v) is 10.1. The molecule has 1 aromatic heterocycles. The third-order valence-electron chi connectivity index (χ3n) is 3.59. The number of benzene rings is 1. The molecular weight excluding hydrogens is 227 g/mol. The Morgan fingerprint density at radius 3 is 2.94 bits per heavy atom. The van der Waals surface area contributed by atoms with Crippen molar-refractivity contribution in [1.82, 2.24) is 4.98 Å². The van der Waals surface area contributed by atoms with Crippen LogP contribution in [0.15, 0.2) is 36.7 Å². The lowest BCUT2D eigenvalue weighted by molar-refractivity contribution is 0.576. The first-order valence-corrected chi connectivity index (χ1v) is 6.22. The van der Waals surface area contributed by atoms with Gasteiger partial charge in [-0.1, -0.05) is 18.2 Å². The highest BCUT2D eigenvalue weighted by Crippen LogP contribution is 2.32. The van der Waals surface area contributed by atoms with Crippen LogP contribution in [-0.4, -0.2) is 11.0 Å². The van der Waals surface area contributed by atoms with Crippen molar-refractivity contribution in [2.45, 2.75) is 25.3 Å². The summed E-state index contributed by atoms with van der Waals surface area (Å²) in [5.41, 5.74) is 10.1. The Hall–Kier alpha value is -1.74. The molecule has 1 atom stereocenters. The SMILES string of the molecule is N[C@@H]1CCc2cccc(-c3ccncc3F)c2C1. The van der Waals surface area contributed by atoms with Crippen molar-refractivity contribution in [2.75, 3.05) is 0 Å². The van der Waals surface area contributed by atoms with Gasteiger partial charge >= 0.3 is 0 Å². The predicted molar refractivity (Wildman–Crippen MR) is 69.6 cm³/mol. The summed E-state index contributed by atoms with van der Waals surface area (Å²) in [6.45, 7) is 0. The van der Waals surface area contributed by atoms with Gasteiger partial charge in [0.2, 0.25) is 0 Å². The molecule has 18 heavy (non-hydrogen) atoms. The van der Waals surface area contributed by atoms with E-state index in [1.165, 1.54) is 17.3 Å². The van der Waals surface area contributed by atoms with Crippen molar-refractivity contribution in [1.29, 1.82) is 0 Å². The number of aromatic nitrogens is 1. The monoisotopic (exact) mass is 242 g/mol. The lowest BCUT2D eigenvalue weighted by Gasteiger charge is -2.24. The van der Waals surface area contributed by atoms with Crippen LogP contribution in [0.1, 0.15) is 17.5 Å². The van der Waals surface area contributed by atoms with Gasteiger partial charge in [0.05, 0.1) is 6.20 Å². The molecule has 92 valence electrons. The van der Waals surface area contributed by atoms with Crippen LogP contribution in [0.5, 0.6) is 0 Å². The third kappa shape index (κ3) is 1.91. The zero-order chi connectivity index (χ0) is 12.5. The Kier molecular flexibility index (Phi) is 2.84. The smallest absolute Gasteiger partial charge is 0.149 e. The van der Waals surface area contributed by atoms with Crippen LogP contribution in [0.4, 0.5) is 4.39 Å². The average Bonchev–Trinajstić information content (AvgIpc) is 2.39. The number of aryl methyl sites for hydroxylation is 1. The number of rotatable bonds is 1. The summed E-state index contributed by atoms with van der Waals surface area (Å²) in [4.78, 5) is 3.80. The fraction of sp³-hybridized carbons (Fsp3) is 0.267. The van der Waals surface area contributed by atoms with Gasteiger partial charge < -0.3 is 5.73 Å². The quantitative estimate of drug-likeness (QED) is 0.835. The first-order chi connectivity index (χ1) is 8.75. The molecule has 0 fully saturated rings. The molecule has 2 N–H and O–H groups in total. The molecule has 0 saturated heterocycles. The maximum absolute atomic E-state index is 13.8. The van der Waals surface area contributed by atoms with Crippen LogP contribution in [-0.2, 0) is 12.8 Å². The Labute approximate surface area is 106 Å². The van der Waals surface area contributed by atoms with Crippen molar-refractivity contribution in [3.05, 3.63) is 53.6 Å². The van der Waals surface area contributed by atoms with E-state index in [-0.39, 0.29) is 11.9 Å². The van der Waals surface area contributed by atoms with Crippen LogP contribution in [0.25, 0.3) is 11.1 Å². The normalized spacial score (nSPS) is 18.4. The summed E-state index contributed by atoms with van der Waals surface area (Å²) in [6.07, 6.45) is 5.71. The summed E-state index contributed by atoms with van der Waals surface area (Å²) in [5, 5.41) is 0. The summed E-state index contributed by atoms with van der Waals surface area (Å²) in [6, 6.07) is 7.98. The van der Waals surface area contributed by atoms with Crippen LogP contribution < -0.4 is 5.73 Å². The molecule has 3 rings (SSSR count). The maximum Gasteiger partial charge on any atom is 0.149 e. The molecule has 0 radical (unpaired) electrons. The molecule has 1 aromatic carbocycles.